The molecule has 1 aliphatic rings. The fourth-order valence-electron chi connectivity index (χ4n) is 1.20. The Morgan fingerprint density at radius 1 is 1.42 bits per heavy atom. The molecular formula is C8H11N3O. The molecule has 2 heterocycles. The van der Waals surface area contributed by atoms with Crippen LogP contribution in [0, 0.1) is 5.92 Å². The Bertz CT molecular complexity index is 256. The molecule has 0 aromatic carbocycles. The van der Waals surface area contributed by atoms with E-state index in [4.69, 9.17) is 5.11 Å². The van der Waals surface area contributed by atoms with Gasteiger partial charge in [-0.15, -0.1) is 0 Å². The highest BCUT2D eigenvalue weighted by Crippen LogP contribution is 2.10. The van der Waals surface area contributed by atoms with E-state index >= 15 is 0 Å². The zero-order chi connectivity index (χ0) is 8.39. The number of rotatable bonds is 2. The minimum absolute atomic E-state index is 0.130. The SMILES string of the molecule is Oc1cnc(CC2CNC2)nc1. The Hall–Kier alpha value is -1.16. The molecule has 4 heteroatoms. The highest BCUT2D eigenvalue weighted by atomic mass is 16.3. The number of aromatic nitrogens is 2. The first kappa shape index (κ1) is 7.49. The fourth-order valence-corrected chi connectivity index (χ4v) is 1.20. The van der Waals surface area contributed by atoms with Crippen LogP contribution in [-0.4, -0.2) is 28.2 Å². The van der Waals surface area contributed by atoms with Gasteiger partial charge in [0.15, 0.2) is 5.75 Å². The van der Waals surface area contributed by atoms with Crippen LogP contribution in [0.15, 0.2) is 12.4 Å². The summed E-state index contributed by atoms with van der Waals surface area (Å²) in [4.78, 5) is 8.02. The van der Waals surface area contributed by atoms with Crippen molar-refractivity contribution in [1.29, 1.82) is 0 Å². The summed E-state index contributed by atoms with van der Waals surface area (Å²) in [6, 6.07) is 0. The maximum atomic E-state index is 8.92. The third-order valence-corrected chi connectivity index (χ3v) is 2.03. The van der Waals surface area contributed by atoms with Crippen LogP contribution in [0.4, 0.5) is 0 Å². The summed E-state index contributed by atoms with van der Waals surface area (Å²) >= 11 is 0. The lowest BCUT2D eigenvalue weighted by Gasteiger charge is -2.26. The molecule has 0 aliphatic carbocycles. The highest BCUT2D eigenvalue weighted by molar-refractivity contribution is 5.09. The van der Waals surface area contributed by atoms with Crippen molar-refractivity contribution in [2.24, 2.45) is 5.92 Å². The van der Waals surface area contributed by atoms with Gasteiger partial charge in [0.25, 0.3) is 0 Å². The molecular weight excluding hydrogens is 154 g/mol. The second kappa shape index (κ2) is 3.06. The van der Waals surface area contributed by atoms with E-state index in [0.29, 0.717) is 5.92 Å². The van der Waals surface area contributed by atoms with E-state index in [0.717, 1.165) is 25.3 Å². The topological polar surface area (TPSA) is 58.0 Å². The zero-order valence-electron chi connectivity index (χ0n) is 6.70. The van der Waals surface area contributed by atoms with Crippen LogP contribution >= 0.6 is 0 Å². The van der Waals surface area contributed by atoms with Crippen LogP contribution in [0.1, 0.15) is 5.82 Å². The van der Waals surface area contributed by atoms with E-state index < -0.39 is 0 Å². The molecule has 0 spiro atoms. The molecule has 2 rings (SSSR count). The Balaban J connectivity index is 1.98. The molecule has 1 aromatic rings. The van der Waals surface area contributed by atoms with Gasteiger partial charge in [-0.2, -0.15) is 0 Å². The standard InChI is InChI=1S/C8H11N3O/c12-7-4-10-8(11-5-7)1-6-2-9-3-6/h4-6,9,12H,1-3H2. The molecule has 0 radical (unpaired) electrons. The molecule has 0 atom stereocenters. The van der Waals surface area contributed by atoms with Crippen molar-refractivity contribution in [3.05, 3.63) is 18.2 Å². The Morgan fingerprint density at radius 3 is 2.58 bits per heavy atom. The van der Waals surface area contributed by atoms with Crippen LogP contribution in [-0.2, 0) is 6.42 Å². The van der Waals surface area contributed by atoms with Gasteiger partial charge < -0.3 is 10.4 Å². The highest BCUT2D eigenvalue weighted by Gasteiger charge is 2.17. The number of hydrogen-bond donors (Lipinski definition) is 2. The van der Waals surface area contributed by atoms with Gasteiger partial charge in [-0.1, -0.05) is 0 Å². The molecule has 1 saturated heterocycles. The van der Waals surface area contributed by atoms with Crippen molar-refractivity contribution in [3.8, 4) is 5.75 Å². The quantitative estimate of drug-likeness (QED) is 0.644. The van der Waals surface area contributed by atoms with Gasteiger partial charge in [0.2, 0.25) is 0 Å². The van der Waals surface area contributed by atoms with Gasteiger partial charge in [-0.25, -0.2) is 9.97 Å². The summed E-state index contributed by atoms with van der Waals surface area (Å²) in [5.74, 6) is 1.62. The van der Waals surface area contributed by atoms with E-state index in [1.807, 2.05) is 0 Å². The molecule has 0 unspecified atom stereocenters. The number of hydrogen-bond acceptors (Lipinski definition) is 4. The van der Waals surface area contributed by atoms with Crippen molar-refractivity contribution < 1.29 is 5.11 Å². The first-order chi connectivity index (χ1) is 5.84. The van der Waals surface area contributed by atoms with E-state index in [-0.39, 0.29) is 5.75 Å². The molecule has 2 N–H and O–H groups in total. The number of aromatic hydroxyl groups is 1. The lowest BCUT2D eigenvalue weighted by Crippen LogP contribution is -2.43. The van der Waals surface area contributed by atoms with E-state index in [1.165, 1.54) is 12.4 Å². The normalized spacial score (nSPS) is 17.3. The van der Waals surface area contributed by atoms with Crippen LogP contribution in [0.3, 0.4) is 0 Å². The van der Waals surface area contributed by atoms with Gasteiger partial charge in [0.1, 0.15) is 5.82 Å². The first-order valence-electron chi connectivity index (χ1n) is 4.05. The fraction of sp³-hybridized carbons (Fsp3) is 0.500. The van der Waals surface area contributed by atoms with Crippen LogP contribution < -0.4 is 5.32 Å². The molecule has 1 aromatic heterocycles. The van der Waals surface area contributed by atoms with Crippen molar-refractivity contribution in [2.45, 2.75) is 6.42 Å². The molecule has 12 heavy (non-hydrogen) atoms. The predicted octanol–water partition coefficient (Wildman–Crippen LogP) is -0.0559. The minimum Gasteiger partial charge on any atom is -0.505 e. The molecule has 0 saturated carbocycles. The van der Waals surface area contributed by atoms with Gasteiger partial charge in [-0.3, -0.25) is 0 Å². The average molecular weight is 165 g/mol. The molecule has 0 amide bonds. The summed E-state index contributed by atoms with van der Waals surface area (Å²) in [5, 5.41) is 12.1. The molecule has 1 fully saturated rings. The van der Waals surface area contributed by atoms with Crippen molar-refractivity contribution in [2.75, 3.05) is 13.1 Å². The molecule has 4 nitrogen and oxygen atoms in total. The lowest BCUT2D eigenvalue weighted by molar-refractivity contribution is 0.340. The number of nitrogens with zero attached hydrogens (tertiary/aromatic N) is 2. The van der Waals surface area contributed by atoms with E-state index in [2.05, 4.69) is 15.3 Å². The lowest BCUT2D eigenvalue weighted by atomic mass is 9.99. The van der Waals surface area contributed by atoms with Gasteiger partial charge in [-0.05, 0) is 19.0 Å². The Morgan fingerprint density at radius 2 is 2.08 bits per heavy atom. The van der Waals surface area contributed by atoms with Crippen molar-refractivity contribution in [3.63, 3.8) is 0 Å². The van der Waals surface area contributed by atoms with Crippen LogP contribution in [0.25, 0.3) is 0 Å². The summed E-state index contributed by atoms with van der Waals surface area (Å²) in [5.41, 5.74) is 0. The second-order valence-corrected chi connectivity index (χ2v) is 3.09. The maximum absolute atomic E-state index is 8.92. The maximum Gasteiger partial charge on any atom is 0.152 e. The minimum atomic E-state index is 0.130. The predicted molar refractivity (Wildman–Crippen MR) is 43.8 cm³/mol. The van der Waals surface area contributed by atoms with Gasteiger partial charge in [0, 0.05) is 6.42 Å². The first-order valence-corrected chi connectivity index (χ1v) is 4.05. The average Bonchev–Trinajstić information content (AvgIpc) is 2.00. The smallest absolute Gasteiger partial charge is 0.152 e. The van der Waals surface area contributed by atoms with Gasteiger partial charge >= 0.3 is 0 Å². The van der Waals surface area contributed by atoms with Crippen LogP contribution in [0.5, 0.6) is 5.75 Å². The van der Waals surface area contributed by atoms with Crippen LogP contribution in [0.2, 0.25) is 0 Å². The Labute approximate surface area is 70.7 Å². The largest absolute Gasteiger partial charge is 0.505 e. The number of nitrogens with one attached hydrogen (secondary N) is 1. The van der Waals surface area contributed by atoms with Gasteiger partial charge in [0.05, 0.1) is 12.4 Å². The zero-order valence-corrected chi connectivity index (χ0v) is 6.70. The Kier molecular flexibility index (Phi) is 1.91. The summed E-state index contributed by atoms with van der Waals surface area (Å²) in [6.45, 7) is 2.12. The summed E-state index contributed by atoms with van der Waals surface area (Å²) < 4.78 is 0. The molecule has 64 valence electrons. The summed E-state index contributed by atoms with van der Waals surface area (Å²) in [6.07, 6.45) is 3.79. The monoisotopic (exact) mass is 165 g/mol. The summed E-state index contributed by atoms with van der Waals surface area (Å²) in [7, 11) is 0. The molecule has 1 aliphatic heterocycles. The third-order valence-electron chi connectivity index (χ3n) is 2.03. The third kappa shape index (κ3) is 1.53. The molecule has 0 bridgehead atoms. The van der Waals surface area contributed by atoms with Crippen molar-refractivity contribution in [1.82, 2.24) is 15.3 Å². The van der Waals surface area contributed by atoms with Crippen molar-refractivity contribution >= 4 is 0 Å². The van der Waals surface area contributed by atoms with E-state index in [1.54, 1.807) is 0 Å². The van der Waals surface area contributed by atoms with E-state index in [9.17, 15) is 0 Å². The second-order valence-electron chi connectivity index (χ2n) is 3.09.